The molecule has 1 aromatic rings. The zero-order valence-corrected chi connectivity index (χ0v) is 10.2. The van der Waals surface area contributed by atoms with Gasteiger partial charge >= 0.3 is 0 Å². The molecule has 5 heteroatoms. The fraction of sp³-hybridized carbons (Fsp3) is 0.364. The minimum atomic E-state index is -3.82. The van der Waals surface area contributed by atoms with Gasteiger partial charge in [-0.15, -0.1) is 0 Å². The van der Waals surface area contributed by atoms with Gasteiger partial charge in [0.2, 0.25) is 15.0 Å². The van der Waals surface area contributed by atoms with Gasteiger partial charge in [-0.3, -0.25) is 4.79 Å². The molecule has 0 aliphatic rings. The topological polar surface area (TPSA) is 60.4 Å². The SMILES string of the molecule is CC(=O)S(=O)(=O)c1ccc(OC(C)C)cc1. The predicted molar refractivity (Wildman–Crippen MR) is 60.1 cm³/mol. The van der Waals surface area contributed by atoms with Crippen LogP contribution < -0.4 is 4.74 Å². The van der Waals surface area contributed by atoms with Crippen molar-refractivity contribution in [3.63, 3.8) is 0 Å². The van der Waals surface area contributed by atoms with Crippen molar-refractivity contribution in [1.29, 1.82) is 0 Å². The van der Waals surface area contributed by atoms with Crippen LogP contribution in [0, 0.1) is 0 Å². The molecule has 1 aromatic carbocycles. The van der Waals surface area contributed by atoms with Gasteiger partial charge in [0.15, 0.2) is 0 Å². The zero-order valence-electron chi connectivity index (χ0n) is 9.43. The average molecular weight is 242 g/mol. The van der Waals surface area contributed by atoms with E-state index in [-0.39, 0.29) is 11.0 Å². The van der Waals surface area contributed by atoms with Crippen molar-refractivity contribution in [3.8, 4) is 5.75 Å². The maximum absolute atomic E-state index is 11.5. The van der Waals surface area contributed by atoms with Crippen LogP contribution in [0.2, 0.25) is 0 Å². The number of ether oxygens (including phenoxy) is 1. The summed E-state index contributed by atoms with van der Waals surface area (Å²) in [7, 11) is -3.82. The maximum Gasteiger partial charge on any atom is 0.248 e. The van der Waals surface area contributed by atoms with Crippen LogP contribution in [-0.2, 0) is 14.6 Å². The van der Waals surface area contributed by atoms with E-state index >= 15 is 0 Å². The third kappa shape index (κ3) is 2.82. The molecule has 0 bridgehead atoms. The molecule has 88 valence electrons. The quantitative estimate of drug-likeness (QED) is 0.810. The molecule has 0 N–H and O–H groups in total. The number of benzene rings is 1. The van der Waals surface area contributed by atoms with Crippen molar-refractivity contribution in [2.45, 2.75) is 31.8 Å². The molecular formula is C11H14O4S. The summed E-state index contributed by atoms with van der Waals surface area (Å²) in [6.45, 7) is 4.79. The first-order valence-electron chi connectivity index (χ1n) is 4.86. The Balaban J connectivity index is 3.00. The van der Waals surface area contributed by atoms with E-state index in [1.165, 1.54) is 24.3 Å². The van der Waals surface area contributed by atoms with Crippen LogP contribution in [0.5, 0.6) is 5.75 Å². The van der Waals surface area contributed by atoms with Crippen LogP contribution in [-0.4, -0.2) is 19.6 Å². The molecule has 4 nitrogen and oxygen atoms in total. The molecule has 0 heterocycles. The van der Waals surface area contributed by atoms with E-state index in [4.69, 9.17) is 4.74 Å². The molecule has 0 amide bonds. The average Bonchev–Trinajstić information content (AvgIpc) is 2.17. The van der Waals surface area contributed by atoms with Gasteiger partial charge in [-0.05, 0) is 38.1 Å². The van der Waals surface area contributed by atoms with E-state index in [1.807, 2.05) is 13.8 Å². The molecule has 0 aromatic heterocycles. The van der Waals surface area contributed by atoms with E-state index in [2.05, 4.69) is 0 Å². The lowest BCUT2D eigenvalue weighted by Crippen LogP contribution is -2.11. The first-order chi connectivity index (χ1) is 7.34. The van der Waals surface area contributed by atoms with Crippen molar-refractivity contribution in [1.82, 2.24) is 0 Å². The largest absolute Gasteiger partial charge is 0.491 e. The van der Waals surface area contributed by atoms with E-state index in [0.717, 1.165) is 6.92 Å². The lowest BCUT2D eigenvalue weighted by molar-refractivity contribution is -0.109. The normalized spacial score (nSPS) is 11.5. The van der Waals surface area contributed by atoms with E-state index < -0.39 is 15.0 Å². The Kier molecular flexibility index (Phi) is 3.70. The van der Waals surface area contributed by atoms with Crippen LogP contribution in [0.1, 0.15) is 20.8 Å². The Morgan fingerprint density at radius 2 is 1.69 bits per heavy atom. The van der Waals surface area contributed by atoms with Gasteiger partial charge in [-0.1, -0.05) is 0 Å². The molecule has 1 rings (SSSR count). The summed E-state index contributed by atoms with van der Waals surface area (Å²) in [5.41, 5.74) is 0. The second-order valence-corrected chi connectivity index (χ2v) is 5.69. The van der Waals surface area contributed by atoms with Gasteiger partial charge in [0, 0.05) is 6.92 Å². The molecule has 0 saturated heterocycles. The summed E-state index contributed by atoms with van der Waals surface area (Å²) in [6.07, 6.45) is 0.0234. The zero-order chi connectivity index (χ0) is 12.3. The summed E-state index contributed by atoms with van der Waals surface area (Å²) in [4.78, 5) is 10.9. The minimum Gasteiger partial charge on any atom is -0.491 e. The van der Waals surface area contributed by atoms with Crippen LogP contribution in [0.25, 0.3) is 0 Å². The van der Waals surface area contributed by atoms with E-state index in [9.17, 15) is 13.2 Å². The van der Waals surface area contributed by atoms with Crippen molar-refractivity contribution < 1.29 is 17.9 Å². The summed E-state index contributed by atoms with van der Waals surface area (Å²) in [6, 6.07) is 5.81. The molecule has 0 atom stereocenters. The Morgan fingerprint density at radius 1 is 1.19 bits per heavy atom. The minimum absolute atomic E-state index is 0.00361. The summed E-state index contributed by atoms with van der Waals surface area (Å²) >= 11 is 0. The van der Waals surface area contributed by atoms with Gasteiger partial charge in [0.1, 0.15) is 5.75 Å². The third-order valence-electron chi connectivity index (χ3n) is 1.88. The van der Waals surface area contributed by atoms with Gasteiger partial charge < -0.3 is 4.74 Å². The number of hydrogen-bond donors (Lipinski definition) is 0. The van der Waals surface area contributed by atoms with Crippen molar-refractivity contribution >= 4 is 15.0 Å². The molecular weight excluding hydrogens is 228 g/mol. The first kappa shape index (κ1) is 12.7. The Hall–Kier alpha value is -1.36. The fourth-order valence-corrected chi connectivity index (χ4v) is 1.96. The van der Waals surface area contributed by atoms with Crippen molar-refractivity contribution in [2.75, 3.05) is 0 Å². The molecule has 0 aliphatic carbocycles. The highest BCUT2D eigenvalue weighted by molar-refractivity contribution is 8.06. The molecule has 0 spiro atoms. The Labute approximate surface area is 95.2 Å². The molecule has 0 radical (unpaired) electrons. The number of hydrogen-bond acceptors (Lipinski definition) is 4. The second-order valence-electron chi connectivity index (χ2n) is 3.63. The lowest BCUT2D eigenvalue weighted by atomic mass is 10.3. The monoisotopic (exact) mass is 242 g/mol. The Morgan fingerprint density at radius 3 is 2.06 bits per heavy atom. The first-order valence-corrected chi connectivity index (χ1v) is 6.34. The predicted octanol–water partition coefficient (Wildman–Crippen LogP) is 1.79. The highest BCUT2D eigenvalue weighted by Crippen LogP contribution is 2.18. The molecule has 16 heavy (non-hydrogen) atoms. The smallest absolute Gasteiger partial charge is 0.248 e. The number of rotatable bonds is 3. The fourth-order valence-electron chi connectivity index (χ4n) is 1.14. The van der Waals surface area contributed by atoms with Gasteiger partial charge in [-0.2, -0.15) is 0 Å². The number of sulfone groups is 1. The standard InChI is InChI=1S/C11H14O4S/c1-8(2)15-10-4-6-11(7-5-10)16(13,14)9(3)12/h4-8H,1-3H3. The lowest BCUT2D eigenvalue weighted by Gasteiger charge is -2.09. The van der Waals surface area contributed by atoms with Crippen LogP contribution in [0.15, 0.2) is 29.2 Å². The third-order valence-corrected chi connectivity index (χ3v) is 3.53. The summed E-state index contributed by atoms with van der Waals surface area (Å²) in [5.74, 6) is 0.581. The van der Waals surface area contributed by atoms with Gasteiger partial charge in [0.25, 0.3) is 0 Å². The number of carbonyl (C=O) groups excluding carboxylic acids is 1. The molecule has 0 unspecified atom stereocenters. The van der Waals surface area contributed by atoms with E-state index in [1.54, 1.807) is 0 Å². The van der Waals surface area contributed by atoms with Crippen LogP contribution in [0.3, 0.4) is 0 Å². The highest BCUT2D eigenvalue weighted by Gasteiger charge is 2.19. The van der Waals surface area contributed by atoms with Gasteiger partial charge in [0.05, 0.1) is 11.0 Å². The van der Waals surface area contributed by atoms with Gasteiger partial charge in [-0.25, -0.2) is 8.42 Å². The van der Waals surface area contributed by atoms with Crippen LogP contribution in [0.4, 0.5) is 0 Å². The number of carbonyl (C=O) groups is 1. The second kappa shape index (κ2) is 4.65. The van der Waals surface area contributed by atoms with Crippen LogP contribution >= 0.6 is 0 Å². The molecule has 0 fully saturated rings. The summed E-state index contributed by atoms with van der Waals surface area (Å²) < 4.78 is 28.3. The molecule has 0 saturated carbocycles. The summed E-state index contributed by atoms with van der Waals surface area (Å²) in [5, 5.41) is -0.856. The maximum atomic E-state index is 11.5. The van der Waals surface area contributed by atoms with E-state index in [0.29, 0.717) is 5.75 Å². The molecule has 0 aliphatic heterocycles. The van der Waals surface area contributed by atoms with Crippen molar-refractivity contribution in [2.24, 2.45) is 0 Å². The Bertz CT molecular complexity index is 471. The highest BCUT2D eigenvalue weighted by atomic mass is 32.2. The van der Waals surface area contributed by atoms with Crippen molar-refractivity contribution in [3.05, 3.63) is 24.3 Å².